The molecule has 0 saturated carbocycles. The first-order valence-corrected chi connectivity index (χ1v) is 4.71. The molecule has 0 unspecified atom stereocenters. The van der Waals surface area contributed by atoms with Crippen molar-refractivity contribution in [1.82, 2.24) is 9.97 Å². The molecular formula is C8H11BrN2O2. The number of aromatic nitrogens is 2. The third kappa shape index (κ3) is 4.19. The van der Waals surface area contributed by atoms with E-state index < -0.39 is 0 Å². The first-order chi connectivity index (χ1) is 6.33. The molecule has 1 rings (SSSR count). The van der Waals surface area contributed by atoms with E-state index in [1.54, 1.807) is 13.2 Å². The molecule has 0 atom stereocenters. The summed E-state index contributed by atoms with van der Waals surface area (Å²) in [6, 6.07) is 1.73. The second-order valence-corrected chi connectivity index (χ2v) is 3.19. The summed E-state index contributed by atoms with van der Waals surface area (Å²) in [5.74, 6) is 0.581. The molecule has 1 heterocycles. The highest BCUT2D eigenvalue weighted by Gasteiger charge is 1.96. The zero-order chi connectivity index (χ0) is 9.52. The Kier molecular flexibility index (Phi) is 4.70. The molecule has 4 nitrogen and oxygen atoms in total. The van der Waals surface area contributed by atoms with Crippen LogP contribution in [0.5, 0.6) is 5.88 Å². The molecule has 13 heavy (non-hydrogen) atoms. The van der Waals surface area contributed by atoms with Crippen molar-refractivity contribution in [3.05, 3.63) is 17.0 Å². The van der Waals surface area contributed by atoms with E-state index in [1.165, 1.54) is 6.33 Å². The molecule has 0 aliphatic heterocycles. The Labute approximate surface area is 85.4 Å². The van der Waals surface area contributed by atoms with Gasteiger partial charge in [0.2, 0.25) is 5.88 Å². The molecule has 0 bridgehead atoms. The van der Waals surface area contributed by atoms with Crippen LogP contribution in [-0.4, -0.2) is 30.3 Å². The Bertz CT molecular complexity index is 258. The average molecular weight is 247 g/mol. The highest BCUT2D eigenvalue weighted by atomic mass is 79.9. The topological polar surface area (TPSA) is 44.2 Å². The van der Waals surface area contributed by atoms with Crippen molar-refractivity contribution in [2.45, 2.75) is 6.42 Å². The van der Waals surface area contributed by atoms with Gasteiger partial charge in [0.05, 0.1) is 6.61 Å². The maximum absolute atomic E-state index is 5.33. The van der Waals surface area contributed by atoms with E-state index in [1.807, 2.05) is 0 Å². The lowest BCUT2D eigenvalue weighted by atomic mass is 10.5. The van der Waals surface area contributed by atoms with Gasteiger partial charge in [-0.05, 0) is 15.9 Å². The van der Waals surface area contributed by atoms with E-state index >= 15 is 0 Å². The van der Waals surface area contributed by atoms with Crippen molar-refractivity contribution >= 4 is 15.9 Å². The summed E-state index contributed by atoms with van der Waals surface area (Å²) in [7, 11) is 1.67. The summed E-state index contributed by atoms with van der Waals surface area (Å²) < 4.78 is 10.9. The molecule has 1 aromatic heterocycles. The minimum atomic E-state index is 0.581. The minimum Gasteiger partial charge on any atom is -0.477 e. The number of nitrogens with zero attached hydrogens (tertiary/aromatic N) is 2. The summed E-state index contributed by atoms with van der Waals surface area (Å²) >= 11 is 3.23. The normalized spacial score (nSPS) is 10.0. The van der Waals surface area contributed by atoms with Crippen molar-refractivity contribution < 1.29 is 9.47 Å². The first-order valence-electron chi connectivity index (χ1n) is 3.92. The second-order valence-electron chi connectivity index (χ2n) is 2.37. The highest BCUT2D eigenvalue weighted by molar-refractivity contribution is 9.10. The van der Waals surface area contributed by atoms with Crippen molar-refractivity contribution in [2.75, 3.05) is 20.3 Å². The van der Waals surface area contributed by atoms with Gasteiger partial charge in [-0.3, -0.25) is 0 Å². The third-order valence-corrected chi connectivity index (χ3v) is 1.79. The van der Waals surface area contributed by atoms with Crippen LogP contribution in [0.4, 0.5) is 0 Å². The van der Waals surface area contributed by atoms with Gasteiger partial charge in [-0.15, -0.1) is 0 Å². The molecule has 72 valence electrons. The largest absolute Gasteiger partial charge is 0.477 e. The number of hydrogen-bond donors (Lipinski definition) is 0. The van der Waals surface area contributed by atoms with Crippen LogP contribution in [0.1, 0.15) is 6.42 Å². The summed E-state index contributed by atoms with van der Waals surface area (Å²) in [4.78, 5) is 7.82. The molecule has 0 radical (unpaired) electrons. The molecule has 0 fully saturated rings. The van der Waals surface area contributed by atoms with Crippen LogP contribution in [0.15, 0.2) is 17.0 Å². The van der Waals surface area contributed by atoms with Crippen molar-refractivity contribution in [3.8, 4) is 5.88 Å². The van der Waals surface area contributed by atoms with Gasteiger partial charge in [-0.25, -0.2) is 9.97 Å². The molecule has 5 heteroatoms. The molecule has 0 aliphatic carbocycles. The summed E-state index contributed by atoms with van der Waals surface area (Å²) in [6.45, 7) is 1.31. The zero-order valence-corrected chi connectivity index (χ0v) is 8.95. The lowest BCUT2D eigenvalue weighted by Gasteiger charge is -2.03. The predicted octanol–water partition coefficient (Wildman–Crippen LogP) is 1.65. The van der Waals surface area contributed by atoms with Gasteiger partial charge < -0.3 is 9.47 Å². The number of methoxy groups -OCH3 is 1. The Morgan fingerprint density at radius 2 is 2.23 bits per heavy atom. The second kappa shape index (κ2) is 5.88. The van der Waals surface area contributed by atoms with Crippen molar-refractivity contribution in [2.24, 2.45) is 0 Å². The maximum atomic E-state index is 5.33. The van der Waals surface area contributed by atoms with Crippen molar-refractivity contribution in [1.29, 1.82) is 0 Å². The Morgan fingerprint density at radius 3 is 2.92 bits per heavy atom. The van der Waals surface area contributed by atoms with E-state index in [9.17, 15) is 0 Å². The lowest BCUT2D eigenvalue weighted by Crippen LogP contribution is -2.02. The molecule has 0 amide bonds. The van der Waals surface area contributed by atoms with Crippen LogP contribution < -0.4 is 4.74 Å². The molecule has 1 aromatic rings. The van der Waals surface area contributed by atoms with E-state index in [2.05, 4.69) is 25.9 Å². The standard InChI is InChI=1S/C8H11BrN2O2/c1-12-3-2-4-13-8-5-7(9)10-6-11-8/h5-6H,2-4H2,1H3. The number of rotatable bonds is 5. The fourth-order valence-corrected chi connectivity index (χ4v) is 1.06. The third-order valence-electron chi connectivity index (χ3n) is 1.35. The van der Waals surface area contributed by atoms with E-state index in [0.29, 0.717) is 19.1 Å². The average Bonchev–Trinajstić information content (AvgIpc) is 2.13. The lowest BCUT2D eigenvalue weighted by molar-refractivity contribution is 0.170. The Hall–Kier alpha value is -0.680. The van der Waals surface area contributed by atoms with Gasteiger partial charge >= 0.3 is 0 Å². The molecule has 0 N–H and O–H groups in total. The van der Waals surface area contributed by atoms with Crippen LogP contribution >= 0.6 is 15.9 Å². The summed E-state index contributed by atoms with van der Waals surface area (Å²) in [6.07, 6.45) is 2.31. The quantitative estimate of drug-likeness (QED) is 0.586. The van der Waals surface area contributed by atoms with Gasteiger partial charge in [0.1, 0.15) is 10.9 Å². The predicted molar refractivity (Wildman–Crippen MR) is 51.7 cm³/mol. The van der Waals surface area contributed by atoms with Gasteiger partial charge in [-0.1, -0.05) is 0 Å². The van der Waals surface area contributed by atoms with E-state index in [-0.39, 0.29) is 0 Å². The number of halogens is 1. The highest BCUT2D eigenvalue weighted by Crippen LogP contribution is 2.11. The van der Waals surface area contributed by atoms with Crippen molar-refractivity contribution in [3.63, 3.8) is 0 Å². The Balaban J connectivity index is 2.28. The molecule has 0 spiro atoms. The smallest absolute Gasteiger partial charge is 0.217 e. The minimum absolute atomic E-state index is 0.581. The Morgan fingerprint density at radius 1 is 1.38 bits per heavy atom. The fraction of sp³-hybridized carbons (Fsp3) is 0.500. The summed E-state index contributed by atoms with van der Waals surface area (Å²) in [5, 5.41) is 0. The number of hydrogen-bond acceptors (Lipinski definition) is 4. The van der Waals surface area contributed by atoms with Crippen LogP contribution in [0, 0.1) is 0 Å². The molecule has 0 aromatic carbocycles. The van der Waals surface area contributed by atoms with Gasteiger partial charge in [0.15, 0.2) is 0 Å². The monoisotopic (exact) mass is 246 g/mol. The molecule has 0 aliphatic rings. The molecule has 0 saturated heterocycles. The first kappa shape index (κ1) is 10.4. The van der Waals surface area contributed by atoms with E-state index in [0.717, 1.165) is 11.0 Å². The molecular weight excluding hydrogens is 236 g/mol. The maximum Gasteiger partial charge on any atom is 0.217 e. The van der Waals surface area contributed by atoms with Gasteiger partial charge in [-0.2, -0.15) is 0 Å². The van der Waals surface area contributed by atoms with Crippen LogP contribution in [0.2, 0.25) is 0 Å². The van der Waals surface area contributed by atoms with Crippen LogP contribution in [0.3, 0.4) is 0 Å². The van der Waals surface area contributed by atoms with Crippen LogP contribution in [-0.2, 0) is 4.74 Å². The fourth-order valence-electron chi connectivity index (χ4n) is 0.776. The van der Waals surface area contributed by atoms with E-state index in [4.69, 9.17) is 9.47 Å². The zero-order valence-electron chi connectivity index (χ0n) is 7.36. The van der Waals surface area contributed by atoms with Gasteiger partial charge in [0.25, 0.3) is 0 Å². The van der Waals surface area contributed by atoms with Gasteiger partial charge in [0, 0.05) is 26.2 Å². The SMILES string of the molecule is COCCCOc1cc(Br)ncn1. The number of ether oxygens (including phenoxy) is 2. The summed E-state index contributed by atoms with van der Waals surface area (Å²) in [5.41, 5.74) is 0. The van der Waals surface area contributed by atoms with Crippen LogP contribution in [0.25, 0.3) is 0 Å².